The molecule has 0 spiro atoms. The highest BCUT2D eigenvalue weighted by Gasteiger charge is 2.22. The van der Waals surface area contributed by atoms with Gasteiger partial charge in [-0.25, -0.2) is 0 Å². The third-order valence-electron chi connectivity index (χ3n) is 4.32. The lowest BCUT2D eigenvalue weighted by Gasteiger charge is -2.31. The lowest BCUT2D eigenvalue weighted by atomic mass is 10.0. The van der Waals surface area contributed by atoms with Gasteiger partial charge in [0.15, 0.2) is 0 Å². The van der Waals surface area contributed by atoms with Crippen molar-refractivity contribution in [2.24, 2.45) is 5.92 Å². The molecule has 0 saturated carbocycles. The summed E-state index contributed by atoms with van der Waals surface area (Å²) in [6.07, 6.45) is 2.61. The summed E-state index contributed by atoms with van der Waals surface area (Å²) in [6.45, 7) is 16.8. The first-order valence-corrected chi connectivity index (χ1v) is 7.04. The fraction of sp³-hybridized carbons (Fsp3) is 1.00. The van der Waals surface area contributed by atoms with Gasteiger partial charge >= 0.3 is 0 Å². The fourth-order valence-electron chi connectivity index (χ4n) is 2.49. The zero-order valence-corrected chi connectivity index (χ0v) is 11.9. The lowest BCUT2D eigenvalue weighted by molar-refractivity contribution is 0.162. The monoisotopic (exact) mass is 226 g/mol. The van der Waals surface area contributed by atoms with Gasteiger partial charge in [0, 0.05) is 25.2 Å². The molecule has 2 unspecified atom stereocenters. The van der Waals surface area contributed by atoms with E-state index in [9.17, 15) is 0 Å². The van der Waals surface area contributed by atoms with Gasteiger partial charge in [0.25, 0.3) is 0 Å². The van der Waals surface area contributed by atoms with Gasteiger partial charge in [0.1, 0.15) is 0 Å². The summed E-state index contributed by atoms with van der Waals surface area (Å²) in [7, 11) is 0. The standard InChI is InChI=1S/C14H30N2/c1-6-13(4)15-8-7-9-16(11-10-15)14(5)12(2)3/h12-14H,6-11H2,1-5H3. The molecule has 1 rings (SSSR count). The molecule has 2 heteroatoms. The van der Waals surface area contributed by atoms with Crippen LogP contribution in [0, 0.1) is 5.92 Å². The van der Waals surface area contributed by atoms with Gasteiger partial charge in [-0.1, -0.05) is 20.8 Å². The van der Waals surface area contributed by atoms with Gasteiger partial charge in [0.2, 0.25) is 0 Å². The van der Waals surface area contributed by atoms with Crippen LogP contribution >= 0.6 is 0 Å². The van der Waals surface area contributed by atoms with Crippen LogP contribution in [0.4, 0.5) is 0 Å². The molecule has 0 radical (unpaired) electrons. The molecule has 0 bridgehead atoms. The molecule has 0 amide bonds. The Labute approximate surface area is 102 Å². The molecule has 2 nitrogen and oxygen atoms in total. The summed E-state index contributed by atoms with van der Waals surface area (Å²) < 4.78 is 0. The largest absolute Gasteiger partial charge is 0.299 e. The van der Waals surface area contributed by atoms with Gasteiger partial charge in [-0.15, -0.1) is 0 Å². The molecule has 1 heterocycles. The second-order valence-electron chi connectivity index (χ2n) is 5.67. The summed E-state index contributed by atoms with van der Waals surface area (Å²) >= 11 is 0. The van der Waals surface area contributed by atoms with Crippen LogP contribution < -0.4 is 0 Å². The molecule has 0 aromatic rings. The second kappa shape index (κ2) is 6.61. The number of hydrogen-bond acceptors (Lipinski definition) is 2. The van der Waals surface area contributed by atoms with Crippen molar-refractivity contribution in [2.45, 2.75) is 59.5 Å². The van der Waals surface area contributed by atoms with Crippen LogP contribution in [0.5, 0.6) is 0 Å². The van der Waals surface area contributed by atoms with E-state index in [1.54, 1.807) is 0 Å². The second-order valence-corrected chi connectivity index (χ2v) is 5.67. The van der Waals surface area contributed by atoms with Gasteiger partial charge in [0.05, 0.1) is 0 Å². The van der Waals surface area contributed by atoms with E-state index in [-0.39, 0.29) is 0 Å². The minimum absolute atomic E-state index is 0.733. The van der Waals surface area contributed by atoms with E-state index in [1.807, 2.05) is 0 Å². The minimum atomic E-state index is 0.733. The molecule has 1 saturated heterocycles. The first-order valence-electron chi connectivity index (χ1n) is 7.04. The highest BCUT2D eigenvalue weighted by atomic mass is 15.2. The van der Waals surface area contributed by atoms with Crippen molar-refractivity contribution < 1.29 is 0 Å². The van der Waals surface area contributed by atoms with Crippen molar-refractivity contribution in [3.8, 4) is 0 Å². The third-order valence-corrected chi connectivity index (χ3v) is 4.32. The zero-order valence-electron chi connectivity index (χ0n) is 11.9. The topological polar surface area (TPSA) is 6.48 Å². The maximum absolute atomic E-state index is 2.67. The van der Waals surface area contributed by atoms with Crippen LogP contribution in [0.3, 0.4) is 0 Å². The number of nitrogens with zero attached hydrogens (tertiary/aromatic N) is 2. The van der Waals surface area contributed by atoms with Crippen LogP contribution in [0.25, 0.3) is 0 Å². The van der Waals surface area contributed by atoms with Crippen LogP contribution in [0.1, 0.15) is 47.5 Å². The number of hydrogen-bond donors (Lipinski definition) is 0. The average molecular weight is 226 g/mol. The summed E-state index contributed by atoms with van der Waals surface area (Å²) in [4.78, 5) is 5.33. The Morgan fingerprint density at radius 3 is 2.00 bits per heavy atom. The lowest BCUT2D eigenvalue weighted by Crippen LogP contribution is -2.40. The van der Waals surface area contributed by atoms with E-state index in [2.05, 4.69) is 44.4 Å². The Kier molecular flexibility index (Phi) is 5.77. The summed E-state index contributed by atoms with van der Waals surface area (Å²) in [5, 5.41) is 0. The molecule has 1 aliphatic rings. The Balaban J connectivity index is 2.46. The highest BCUT2D eigenvalue weighted by molar-refractivity contribution is 4.77. The van der Waals surface area contributed by atoms with Gasteiger partial charge < -0.3 is 0 Å². The van der Waals surface area contributed by atoms with E-state index in [0.29, 0.717) is 0 Å². The van der Waals surface area contributed by atoms with E-state index < -0.39 is 0 Å². The molecule has 2 atom stereocenters. The van der Waals surface area contributed by atoms with Gasteiger partial charge in [-0.05, 0) is 45.7 Å². The van der Waals surface area contributed by atoms with E-state index in [4.69, 9.17) is 0 Å². The van der Waals surface area contributed by atoms with Crippen molar-refractivity contribution in [3.63, 3.8) is 0 Å². The van der Waals surface area contributed by atoms with Crippen LogP contribution in [0.15, 0.2) is 0 Å². The molecular formula is C14H30N2. The molecule has 0 aromatic heterocycles. The van der Waals surface area contributed by atoms with E-state index in [0.717, 1.165) is 18.0 Å². The third kappa shape index (κ3) is 3.74. The summed E-state index contributed by atoms with van der Waals surface area (Å²) in [6, 6.07) is 1.49. The molecule has 16 heavy (non-hydrogen) atoms. The van der Waals surface area contributed by atoms with E-state index >= 15 is 0 Å². The molecule has 0 aromatic carbocycles. The predicted molar refractivity (Wildman–Crippen MR) is 71.8 cm³/mol. The highest BCUT2D eigenvalue weighted by Crippen LogP contribution is 2.15. The molecule has 0 N–H and O–H groups in total. The molecule has 1 fully saturated rings. The van der Waals surface area contributed by atoms with E-state index in [1.165, 1.54) is 39.0 Å². The van der Waals surface area contributed by atoms with Crippen molar-refractivity contribution in [1.82, 2.24) is 9.80 Å². The average Bonchev–Trinajstić information content (AvgIpc) is 2.52. The first kappa shape index (κ1) is 14.0. The summed E-state index contributed by atoms with van der Waals surface area (Å²) in [5.74, 6) is 0.773. The SMILES string of the molecule is CCC(C)N1CCCN(C(C)C(C)C)CC1. The van der Waals surface area contributed by atoms with Gasteiger partial charge in [-0.3, -0.25) is 9.80 Å². The minimum Gasteiger partial charge on any atom is -0.299 e. The fourth-order valence-corrected chi connectivity index (χ4v) is 2.49. The van der Waals surface area contributed by atoms with Gasteiger partial charge in [-0.2, -0.15) is 0 Å². The van der Waals surface area contributed by atoms with Crippen LogP contribution in [-0.2, 0) is 0 Å². The maximum atomic E-state index is 2.67. The Morgan fingerprint density at radius 1 is 0.875 bits per heavy atom. The van der Waals surface area contributed by atoms with Crippen molar-refractivity contribution in [2.75, 3.05) is 26.2 Å². The molecule has 96 valence electrons. The summed E-state index contributed by atoms with van der Waals surface area (Å²) in [5.41, 5.74) is 0. The number of rotatable bonds is 4. The quantitative estimate of drug-likeness (QED) is 0.727. The van der Waals surface area contributed by atoms with Crippen molar-refractivity contribution in [1.29, 1.82) is 0 Å². The predicted octanol–water partition coefficient (Wildman–Crippen LogP) is 2.84. The Morgan fingerprint density at radius 2 is 1.44 bits per heavy atom. The van der Waals surface area contributed by atoms with Crippen LogP contribution in [-0.4, -0.2) is 48.1 Å². The normalized spacial score (nSPS) is 24.4. The van der Waals surface area contributed by atoms with Crippen LogP contribution in [0.2, 0.25) is 0 Å². The first-order chi connectivity index (χ1) is 7.56. The van der Waals surface area contributed by atoms with Crippen molar-refractivity contribution >= 4 is 0 Å². The Hall–Kier alpha value is -0.0800. The smallest absolute Gasteiger partial charge is 0.0112 e. The molecular weight excluding hydrogens is 196 g/mol. The zero-order chi connectivity index (χ0) is 12.1. The Bertz CT molecular complexity index is 191. The maximum Gasteiger partial charge on any atom is 0.0112 e. The van der Waals surface area contributed by atoms with Crippen molar-refractivity contribution in [3.05, 3.63) is 0 Å². The molecule has 0 aliphatic carbocycles. The molecule has 1 aliphatic heterocycles.